The quantitative estimate of drug-likeness (QED) is 0.889. The van der Waals surface area contributed by atoms with Crippen LogP contribution in [0, 0.1) is 0 Å². The molecule has 0 aliphatic carbocycles. The Hall–Kier alpha value is -1.13. The zero-order chi connectivity index (χ0) is 13.0. The van der Waals surface area contributed by atoms with E-state index >= 15 is 0 Å². The summed E-state index contributed by atoms with van der Waals surface area (Å²) in [5.41, 5.74) is 0.899. The molecular formula is C14H22N2O2. The van der Waals surface area contributed by atoms with Gasteiger partial charge in [0.2, 0.25) is 0 Å². The van der Waals surface area contributed by atoms with E-state index in [1.807, 2.05) is 19.2 Å². The highest BCUT2D eigenvalue weighted by Gasteiger charge is 2.17. The smallest absolute Gasteiger partial charge is 0.128 e. The largest absolute Gasteiger partial charge is 0.389 e. The average Bonchev–Trinajstić information content (AvgIpc) is 2.40. The lowest BCUT2D eigenvalue weighted by atomic mass is 10.1. The Labute approximate surface area is 109 Å². The molecule has 1 aromatic rings. The van der Waals surface area contributed by atoms with E-state index in [2.05, 4.69) is 9.88 Å². The molecule has 18 heavy (non-hydrogen) atoms. The Balaban J connectivity index is 1.99. The molecule has 0 bridgehead atoms. The van der Waals surface area contributed by atoms with Crippen LogP contribution in [-0.2, 0) is 4.74 Å². The van der Waals surface area contributed by atoms with E-state index in [0.29, 0.717) is 6.10 Å². The number of anilines is 1. The molecule has 0 amide bonds. The third-order valence-corrected chi connectivity index (χ3v) is 3.39. The van der Waals surface area contributed by atoms with Gasteiger partial charge in [-0.25, -0.2) is 4.98 Å². The van der Waals surface area contributed by atoms with Crippen LogP contribution in [0.3, 0.4) is 0 Å². The highest BCUT2D eigenvalue weighted by atomic mass is 16.5. The van der Waals surface area contributed by atoms with Crippen LogP contribution < -0.4 is 4.90 Å². The van der Waals surface area contributed by atoms with E-state index in [9.17, 15) is 5.11 Å². The first-order valence-corrected chi connectivity index (χ1v) is 6.63. The molecular weight excluding hydrogens is 228 g/mol. The standard InChI is InChI=1S/C14H22N2O2/c1-11(17)12-6-7-15-14(9-12)16(2)10-13-5-3-4-8-18-13/h6-7,9,11,13,17H,3-5,8,10H2,1-2H3/t11-,13?/m0/s1. The predicted octanol–water partition coefficient (Wildman–Crippen LogP) is 2.14. The van der Waals surface area contributed by atoms with Crippen LogP contribution in [0.15, 0.2) is 18.3 Å². The molecule has 1 aromatic heterocycles. The summed E-state index contributed by atoms with van der Waals surface area (Å²) in [5.74, 6) is 0.891. The summed E-state index contributed by atoms with van der Waals surface area (Å²) in [5, 5.41) is 9.58. The van der Waals surface area contributed by atoms with Gasteiger partial charge >= 0.3 is 0 Å². The van der Waals surface area contributed by atoms with Crippen molar-refractivity contribution in [3.63, 3.8) is 0 Å². The topological polar surface area (TPSA) is 45.6 Å². The molecule has 1 unspecified atom stereocenters. The van der Waals surface area contributed by atoms with E-state index in [1.165, 1.54) is 12.8 Å². The molecule has 1 aliphatic rings. The number of ether oxygens (including phenoxy) is 1. The number of likely N-dealkylation sites (N-methyl/N-ethyl adjacent to an activating group) is 1. The lowest BCUT2D eigenvalue weighted by molar-refractivity contribution is 0.0215. The lowest BCUT2D eigenvalue weighted by Gasteiger charge is -2.28. The van der Waals surface area contributed by atoms with Crippen LogP contribution in [0.4, 0.5) is 5.82 Å². The van der Waals surface area contributed by atoms with E-state index in [-0.39, 0.29) is 0 Å². The molecule has 1 fully saturated rings. The number of pyridine rings is 1. The van der Waals surface area contributed by atoms with Gasteiger partial charge in [-0.2, -0.15) is 0 Å². The Bertz CT molecular complexity index is 376. The molecule has 100 valence electrons. The highest BCUT2D eigenvalue weighted by Crippen LogP contribution is 2.19. The van der Waals surface area contributed by atoms with Crippen molar-refractivity contribution in [3.05, 3.63) is 23.9 Å². The van der Waals surface area contributed by atoms with Gasteiger partial charge in [-0.3, -0.25) is 0 Å². The van der Waals surface area contributed by atoms with Crippen molar-refractivity contribution in [1.82, 2.24) is 4.98 Å². The fraction of sp³-hybridized carbons (Fsp3) is 0.643. The molecule has 0 saturated carbocycles. The van der Waals surface area contributed by atoms with Gasteiger partial charge in [0.15, 0.2) is 0 Å². The van der Waals surface area contributed by atoms with Crippen molar-refractivity contribution in [2.45, 2.75) is 38.4 Å². The van der Waals surface area contributed by atoms with Crippen molar-refractivity contribution in [2.75, 3.05) is 25.1 Å². The number of hydrogen-bond donors (Lipinski definition) is 1. The normalized spacial score (nSPS) is 21.6. The van der Waals surface area contributed by atoms with Gasteiger partial charge in [0, 0.05) is 26.4 Å². The molecule has 0 spiro atoms. The molecule has 0 aromatic carbocycles. The van der Waals surface area contributed by atoms with Crippen molar-refractivity contribution < 1.29 is 9.84 Å². The van der Waals surface area contributed by atoms with Crippen molar-refractivity contribution in [3.8, 4) is 0 Å². The van der Waals surface area contributed by atoms with Gasteiger partial charge in [0.25, 0.3) is 0 Å². The Morgan fingerprint density at radius 1 is 1.56 bits per heavy atom. The molecule has 2 rings (SSSR count). The number of nitrogens with zero attached hydrogens (tertiary/aromatic N) is 2. The third kappa shape index (κ3) is 3.43. The fourth-order valence-corrected chi connectivity index (χ4v) is 2.25. The first-order valence-electron chi connectivity index (χ1n) is 6.63. The van der Waals surface area contributed by atoms with Gasteiger partial charge < -0.3 is 14.7 Å². The minimum atomic E-state index is -0.453. The minimum absolute atomic E-state index is 0.306. The molecule has 1 N–H and O–H groups in total. The van der Waals surface area contributed by atoms with Crippen molar-refractivity contribution in [2.24, 2.45) is 0 Å². The summed E-state index contributed by atoms with van der Waals surface area (Å²) in [6.45, 7) is 3.50. The van der Waals surface area contributed by atoms with Crippen LogP contribution in [0.5, 0.6) is 0 Å². The monoisotopic (exact) mass is 250 g/mol. The summed E-state index contributed by atoms with van der Waals surface area (Å²) >= 11 is 0. The van der Waals surface area contributed by atoms with Gasteiger partial charge in [0.05, 0.1) is 12.2 Å². The molecule has 1 saturated heterocycles. The molecule has 0 radical (unpaired) electrons. The van der Waals surface area contributed by atoms with Crippen LogP contribution in [0.2, 0.25) is 0 Å². The number of aromatic nitrogens is 1. The third-order valence-electron chi connectivity index (χ3n) is 3.39. The van der Waals surface area contributed by atoms with E-state index < -0.39 is 6.10 Å². The van der Waals surface area contributed by atoms with E-state index in [1.54, 1.807) is 13.1 Å². The van der Waals surface area contributed by atoms with Crippen LogP contribution in [-0.4, -0.2) is 36.4 Å². The van der Waals surface area contributed by atoms with Crippen LogP contribution in [0.25, 0.3) is 0 Å². The minimum Gasteiger partial charge on any atom is -0.389 e. The molecule has 1 aliphatic heterocycles. The second-order valence-corrected chi connectivity index (χ2v) is 4.99. The Morgan fingerprint density at radius 2 is 2.39 bits per heavy atom. The number of rotatable bonds is 4. The zero-order valence-electron chi connectivity index (χ0n) is 11.2. The second kappa shape index (κ2) is 6.16. The Kier molecular flexibility index (Phi) is 4.55. The maximum Gasteiger partial charge on any atom is 0.128 e. The second-order valence-electron chi connectivity index (χ2n) is 4.99. The number of aliphatic hydroxyl groups is 1. The molecule has 4 heteroatoms. The SMILES string of the molecule is C[C@H](O)c1ccnc(N(C)CC2CCCCO2)c1. The first-order chi connectivity index (χ1) is 8.66. The first kappa shape index (κ1) is 13.3. The van der Waals surface area contributed by atoms with Gasteiger partial charge in [-0.15, -0.1) is 0 Å². The lowest BCUT2D eigenvalue weighted by Crippen LogP contribution is -2.33. The fourth-order valence-electron chi connectivity index (χ4n) is 2.25. The maximum absolute atomic E-state index is 9.58. The van der Waals surface area contributed by atoms with E-state index in [4.69, 9.17) is 4.74 Å². The van der Waals surface area contributed by atoms with Crippen LogP contribution in [0.1, 0.15) is 37.9 Å². The molecule has 2 heterocycles. The van der Waals surface area contributed by atoms with Crippen molar-refractivity contribution in [1.29, 1.82) is 0 Å². The number of hydrogen-bond acceptors (Lipinski definition) is 4. The van der Waals surface area contributed by atoms with E-state index in [0.717, 1.165) is 31.0 Å². The Morgan fingerprint density at radius 3 is 3.06 bits per heavy atom. The van der Waals surface area contributed by atoms with Crippen molar-refractivity contribution >= 4 is 5.82 Å². The van der Waals surface area contributed by atoms with Crippen LogP contribution >= 0.6 is 0 Å². The summed E-state index contributed by atoms with van der Waals surface area (Å²) in [6.07, 6.45) is 5.15. The predicted molar refractivity (Wildman–Crippen MR) is 71.7 cm³/mol. The summed E-state index contributed by atoms with van der Waals surface area (Å²) in [6, 6.07) is 3.78. The summed E-state index contributed by atoms with van der Waals surface area (Å²) < 4.78 is 5.73. The van der Waals surface area contributed by atoms with Gasteiger partial charge in [-0.05, 0) is 43.9 Å². The summed E-state index contributed by atoms with van der Waals surface area (Å²) in [4.78, 5) is 6.45. The summed E-state index contributed by atoms with van der Waals surface area (Å²) in [7, 11) is 2.02. The zero-order valence-corrected chi connectivity index (χ0v) is 11.2. The number of aliphatic hydroxyl groups excluding tert-OH is 1. The average molecular weight is 250 g/mol. The molecule has 2 atom stereocenters. The maximum atomic E-state index is 9.58. The highest BCUT2D eigenvalue weighted by molar-refractivity contribution is 5.40. The molecule has 4 nitrogen and oxygen atoms in total. The van der Waals surface area contributed by atoms with Gasteiger partial charge in [-0.1, -0.05) is 0 Å². The van der Waals surface area contributed by atoms with Gasteiger partial charge in [0.1, 0.15) is 5.82 Å².